The van der Waals surface area contributed by atoms with Gasteiger partial charge in [0.25, 0.3) is 0 Å². The smallest absolute Gasteiger partial charge is 0.372 e. The van der Waals surface area contributed by atoms with E-state index in [1.165, 1.54) is 10.8 Å². The molecular weight excluding hydrogens is 232 g/mol. The molecule has 0 aliphatic heterocycles. The summed E-state index contributed by atoms with van der Waals surface area (Å²) in [5.41, 5.74) is 0.258. The number of carboxylic acid groups (broad SMARTS) is 1. The highest BCUT2D eigenvalue weighted by Crippen LogP contribution is 2.13. The lowest BCUT2D eigenvalue weighted by Crippen LogP contribution is -2.10. The first kappa shape index (κ1) is 12.7. The van der Waals surface area contributed by atoms with Crippen molar-refractivity contribution in [3.8, 4) is 0 Å². The van der Waals surface area contributed by atoms with Gasteiger partial charge in [-0.3, -0.25) is 0 Å². The van der Waals surface area contributed by atoms with Gasteiger partial charge in [0.2, 0.25) is 5.82 Å². The van der Waals surface area contributed by atoms with Crippen LogP contribution < -0.4 is 0 Å². The number of sulfone groups is 1. The number of carbonyl (C=O) groups is 1. The van der Waals surface area contributed by atoms with Gasteiger partial charge in [0.1, 0.15) is 0 Å². The SMILES string of the molecule is CC(C)n1cc(CS(C)(=O)=O)nc1C(=O)O. The molecule has 0 aliphatic rings. The van der Waals surface area contributed by atoms with Gasteiger partial charge in [-0.05, 0) is 13.8 Å². The first-order valence-corrected chi connectivity index (χ1v) is 6.75. The lowest BCUT2D eigenvalue weighted by molar-refractivity contribution is 0.0676. The van der Waals surface area contributed by atoms with Crippen LogP contribution in [0.4, 0.5) is 0 Å². The number of hydrogen-bond acceptors (Lipinski definition) is 4. The molecule has 0 atom stereocenters. The summed E-state index contributed by atoms with van der Waals surface area (Å²) in [6.45, 7) is 3.61. The number of hydrogen-bond donors (Lipinski definition) is 1. The third-order valence-electron chi connectivity index (χ3n) is 1.94. The second-order valence-corrected chi connectivity index (χ2v) is 6.07. The molecule has 0 saturated carbocycles. The van der Waals surface area contributed by atoms with E-state index in [4.69, 9.17) is 5.11 Å². The summed E-state index contributed by atoms with van der Waals surface area (Å²) >= 11 is 0. The van der Waals surface area contributed by atoms with Gasteiger partial charge < -0.3 is 9.67 Å². The van der Waals surface area contributed by atoms with Crippen molar-refractivity contribution in [3.05, 3.63) is 17.7 Å². The normalized spacial score (nSPS) is 12.0. The summed E-state index contributed by atoms with van der Waals surface area (Å²) in [5, 5.41) is 8.89. The van der Waals surface area contributed by atoms with Gasteiger partial charge in [-0.2, -0.15) is 0 Å². The molecule has 7 heteroatoms. The van der Waals surface area contributed by atoms with Crippen LogP contribution in [0.2, 0.25) is 0 Å². The van der Waals surface area contributed by atoms with E-state index in [0.29, 0.717) is 0 Å². The fraction of sp³-hybridized carbons (Fsp3) is 0.556. The van der Waals surface area contributed by atoms with Crippen molar-refractivity contribution >= 4 is 15.8 Å². The maximum atomic E-state index is 11.1. The van der Waals surface area contributed by atoms with Crippen molar-refractivity contribution < 1.29 is 18.3 Å². The van der Waals surface area contributed by atoms with Crippen molar-refractivity contribution in [1.29, 1.82) is 0 Å². The van der Waals surface area contributed by atoms with Crippen LogP contribution in [0, 0.1) is 0 Å². The number of imidazole rings is 1. The molecule has 0 unspecified atom stereocenters. The van der Waals surface area contributed by atoms with Gasteiger partial charge in [-0.1, -0.05) is 0 Å². The van der Waals surface area contributed by atoms with Gasteiger partial charge in [0, 0.05) is 18.5 Å². The summed E-state index contributed by atoms with van der Waals surface area (Å²) in [6.07, 6.45) is 2.55. The Labute approximate surface area is 93.8 Å². The fourth-order valence-electron chi connectivity index (χ4n) is 1.33. The molecule has 0 bridgehead atoms. The van der Waals surface area contributed by atoms with E-state index in [-0.39, 0.29) is 23.3 Å². The molecule has 16 heavy (non-hydrogen) atoms. The summed E-state index contributed by atoms with van der Waals surface area (Å²) in [7, 11) is -3.20. The lowest BCUT2D eigenvalue weighted by atomic mass is 10.4. The fourth-order valence-corrected chi connectivity index (χ4v) is 2.01. The minimum Gasteiger partial charge on any atom is -0.475 e. The Morgan fingerprint density at radius 1 is 1.56 bits per heavy atom. The number of nitrogens with zero attached hydrogens (tertiary/aromatic N) is 2. The monoisotopic (exact) mass is 246 g/mol. The van der Waals surface area contributed by atoms with Gasteiger partial charge >= 0.3 is 5.97 Å². The van der Waals surface area contributed by atoms with E-state index < -0.39 is 15.8 Å². The number of aromatic carboxylic acids is 1. The first-order valence-electron chi connectivity index (χ1n) is 4.69. The summed E-state index contributed by atoms with van der Waals surface area (Å²) < 4.78 is 23.6. The van der Waals surface area contributed by atoms with E-state index >= 15 is 0 Å². The van der Waals surface area contributed by atoms with Crippen molar-refractivity contribution in [3.63, 3.8) is 0 Å². The highest BCUT2D eigenvalue weighted by atomic mass is 32.2. The molecule has 0 saturated heterocycles. The average Bonchev–Trinajstić information content (AvgIpc) is 2.44. The molecule has 0 amide bonds. The average molecular weight is 246 g/mol. The van der Waals surface area contributed by atoms with E-state index in [1.807, 2.05) is 0 Å². The van der Waals surface area contributed by atoms with E-state index in [0.717, 1.165) is 6.26 Å². The van der Waals surface area contributed by atoms with Crippen LogP contribution in [-0.4, -0.2) is 35.3 Å². The molecule has 0 radical (unpaired) electrons. The summed E-state index contributed by atoms with van der Waals surface area (Å²) in [5.74, 6) is -1.53. The van der Waals surface area contributed by atoms with Gasteiger partial charge in [-0.15, -0.1) is 0 Å². The quantitative estimate of drug-likeness (QED) is 0.845. The van der Waals surface area contributed by atoms with Crippen molar-refractivity contribution in [2.24, 2.45) is 0 Å². The summed E-state index contributed by atoms with van der Waals surface area (Å²) in [4.78, 5) is 14.7. The lowest BCUT2D eigenvalue weighted by Gasteiger charge is -2.07. The Bertz CT molecular complexity index is 502. The highest BCUT2D eigenvalue weighted by molar-refractivity contribution is 7.89. The van der Waals surface area contributed by atoms with E-state index in [2.05, 4.69) is 4.98 Å². The summed E-state index contributed by atoms with van der Waals surface area (Å²) in [6, 6.07) is -0.0769. The second-order valence-electron chi connectivity index (χ2n) is 3.93. The molecule has 1 aromatic heterocycles. The van der Waals surface area contributed by atoms with E-state index in [1.54, 1.807) is 13.8 Å². The molecule has 90 valence electrons. The Morgan fingerprint density at radius 3 is 2.44 bits per heavy atom. The molecule has 0 spiro atoms. The Kier molecular flexibility index (Phi) is 3.37. The molecule has 0 aromatic carbocycles. The van der Waals surface area contributed by atoms with Crippen LogP contribution >= 0.6 is 0 Å². The van der Waals surface area contributed by atoms with Crippen LogP contribution in [0.3, 0.4) is 0 Å². The van der Waals surface area contributed by atoms with Crippen LogP contribution in [0.5, 0.6) is 0 Å². The van der Waals surface area contributed by atoms with Crippen LogP contribution in [0.25, 0.3) is 0 Å². The minimum atomic E-state index is -3.20. The van der Waals surface area contributed by atoms with Crippen LogP contribution in [0.1, 0.15) is 36.2 Å². The molecular formula is C9H14N2O4S. The number of carboxylic acids is 1. The molecule has 1 rings (SSSR count). The third kappa shape index (κ3) is 3.06. The predicted molar refractivity (Wildman–Crippen MR) is 58.1 cm³/mol. The molecule has 1 heterocycles. The maximum absolute atomic E-state index is 11.1. The molecule has 6 nitrogen and oxygen atoms in total. The van der Waals surface area contributed by atoms with Crippen molar-refractivity contribution in [2.45, 2.75) is 25.6 Å². The second kappa shape index (κ2) is 4.25. The predicted octanol–water partition coefficient (Wildman–Crippen LogP) is 0.707. The minimum absolute atomic E-state index is 0.0769. The Balaban J connectivity index is 3.17. The Hall–Kier alpha value is -1.37. The zero-order valence-corrected chi connectivity index (χ0v) is 10.2. The largest absolute Gasteiger partial charge is 0.475 e. The number of aromatic nitrogens is 2. The zero-order chi connectivity index (χ0) is 12.5. The van der Waals surface area contributed by atoms with E-state index in [9.17, 15) is 13.2 Å². The molecule has 0 aliphatic carbocycles. The van der Waals surface area contributed by atoms with Crippen LogP contribution in [0.15, 0.2) is 6.20 Å². The standard InChI is InChI=1S/C9H14N2O4S/c1-6(2)11-4-7(5-16(3,14)15)10-8(11)9(12)13/h4,6H,5H2,1-3H3,(H,12,13). The highest BCUT2D eigenvalue weighted by Gasteiger charge is 2.18. The number of rotatable bonds is 4. The first-order chi connectivity index (χ1) is 7.20. The van der Waals surface area contributed by atoms with Crippen molar-refractivity contribution in [2.75, 3.05) is 6.26 Å². The van der Waals surface area contributed by atoms with Gasteiger partial charge in [-0.25, -0.2) is 18.2 Å². The molecule has 1 aromatic rings. The van der Waals surface area contributed by atoms with Crippen LogP contribution in [-0.2, 0) is 15.6 Å². The van der Waals surface area contributed by atoms with Crippen molar-refractivity contribution in [1.82, 2.24) is 9.55 Å². The molecule has 0 fully saturated rings. The van der Waals surface area contributed by atoms with Gasteiger partial charge in [0.05, 0.1) is 11.4 Å². The van der Waals surface area contributed by atoms with Gasteiger partial charge in [0.15, 0.2) is 9.84 Å². The Morgan fingerprint density at radius 2 is 2.12 bits per heavy atom. The topological polar surface area (TPSA) is 89.3 Å². The maximum Gasteiger partial charge on any atom is 0.372 e. The zero-order valence-electron chi connectivity index (χ0n) is 9.34. The third-order valence-corrected chi connectivity index (χ3v) is 2.76. The molecule has 1 N–H and O–H groups in total.